The number of pyridine rings is 1. The average Bonchev–Trinajstić information content (AvgIpc) is 2.60. The first kappa shape index (κ1) is 14.5. The number of hydrogen-bond acceptors (Lipinski definition) is 2. The number of hydrogen-bond donors (Lipinski definition) is 0. The number of aromatic nitrogens is 1. The molecule has 4 aromatic rings. The summed E-state index contributed by atoms with van der Waals surface area (Å²) < 4.78 is 1.36. The van der Waals surface area contributed by atoms with E-state index < -0.39 is 0 Å². The lowest BCUT2D eigenvalue weighted by Crippen LogP contribution is -2.27. The predicted octanol–water partition coefficient (Wildman–Crippen LogP) is 4.09. The Kier molecular flexibility index (Phi) is 3.54. The summed E-state index contributed by atoms with van der Waals surface area (Å²) in [5.41, 5.74) is 1.73. The van der Waals surface area contributed by atoms with Gasteiger partial charge in [0.15, 0.2) is 0 Å². The van der Waals surface area contributed by atoms with Gasteiger partial charge < -0.3 is 4.84 Å². The fourth-order valence-electron chi connectivity index (χ4n) is 3.14. The number of nitrogens with zero attached hydrogens (tertiary/aromatic N) is 1. The molecular formula is C21H17NO2. The highest BCUT2D eigenvalue weighted by atomic mass is 16.7. The Labute approximate surface area is 139 Å². The summed E-state index contributed by atoms with van der Waals surface area (Å²) in [6, 6.07) is 23.8. The van der Waals surface area contributed by atoms with Crippen LogP contribution in [0.5, 0.6) is 0 Å². The molecule has 24 heavy (non-hydrogen) atoms. The second-order valence-corrected chi connectivity index (χ2v) is 5.87. The maximum Gasteiger partial charge on any atom is 0.283 e. The largest absolute Gasteiger partial charge is 0.406 e. The summed E-state index contributed by atoms with van der Waals surface area (Å²) in [6.45, 7) is 2.20. The lowest BCUT2D eigenvalue weighted by molar-refractivity contribution is 0.0860. The highest BCUT2D eigenvalue weighted by molar-refractivity contribution is 6.02. The van der Waals surface area contributed by atoms with Crippen molar-refractivity contribution in [1.82, 2.24) is 4.73 Å². The van der Waals surface area contributed by atoms with Crippen LogP contribution in [-0.4, -0.2) is 4.73 Å². The van der Waals surface area contributed by atoms with Gasteiger partial charge in [0.25, 0.3) is 5.56 Å². The summed E-state index contributed by atoms with van der Waals surface area (Å²) in [7, 11) is 0. The molecule has 1 heterocycles. The van der Waals surface area contributed by atoms with Gasteiger partial charge in [0.2, 0.25) is 0 Å². The Morgan fingerprint density at radius 2 is 1.46 bits per heavy atom. The first-order valence-electron chi connectivity index (χ1n) is 7.95. The third-order valence-electron chi connectivity index (χ3n) is 4.32. The Bertz CT molecular complexity index is 1040. The molecular weight excluding hydrogens is 298 g/mol. The number of benzene rings is 3. The molecule has 3 aromatic carbocycles. The Hall–Kier alpha value is -3.07. The molecule has 0 unspecified atom stereocenters. The minimum Gasteiger partial charge on any atom is -0.406 e. The molecule has 118 valence electrons. The maximum absolute atomic E-state index is 12.0. The van der Waals surface area contributed by atoms with Crippen molar-refractivity contribution in [3.05, 3.63) is 94.4 Å². The molecule has 3 nitrogen and oxygen atoms in total. The van der Waals surface area contributed by atoms with E-state index in [0.717, 1.165) is 22.0 Å². The van der Waals surface area contributed by atoms with Crippen LogP contribution in [0.3, 0.4) is 0 Å². The predicted molar refractivity (Wildman–Crippen MR) is 97.2 cm³/mol. The van der Waals surface area contributed by atoms with Crippen molar-refractivity contribution in [3.8, 4) is 0 Å². The molecule has 0 aliphatic rings. The van der Waals surface area contributed by atoms with Gasteiger partial charge >= 0.3 is 0 Å². The molecule has 0 N–H and O–H groups in total. The van der Waals surface area contributed by atoms with Crippen LogP contribution in [0, 0.1) is 6.92 Å². The fourth-order valence-corrected chi connectivity index (χ4v) is 3.14. The topological polar surface area (TPSA) is 31.2 Å². The van der Waals surface area contributed by atoms with Crippen LogP contribution in [0.4, 0.5) is 0 Å². The molecule has 0 saturated carbocycles. The molecule has 0 atom stereocenters. The zero-order chi connectivity index (χ0) is 16.5. The van der Waals surface area contributed by atoms with Crippen molar-refractivity contribution < 1.29 is 4.84 Å². The van der Waals surface area contributed by atoms with Crippen molar-refractivity contribution in [2.75, 3.05) is 0 Å². The second kappa shape index (κ2) is 5.85. The van der Waals surface area contributed by atoms with Gasteiger partial charge in [0.1, 0.15) is 6.61 Å². The minimum absolute atomic E-state index is 0.153. The minimum atomic E-state index is -0.153. The molecule has 0 spiro atoms. The third-order valence-corrected chi connectivity index (χ3v) is 4.32. The summed E-state index contributed by atoms with van der Waals surface area (Å²) in [5.74, 6) is 0. The number of rotatable bonds is 3. The van der Waals surface area contributed by atoms with E-state index in [1.165, 1.54) is 21.6 Å². The van der Waals surface area contributed by atoms with Gasteiger partial charge in [-0.25, -0.2) is 0 Å². The van der Waals surface area contributed by atoms with Crippen LogP contribution in [0.25, 0.3) is 21.5 Å². The zero-order valence-electron chi connectivity index (χ0n) is 13.4. The highest BCUT2D eigenvalue weighted by Crippen LogP contribution is 2.28. The monoisotopic (exact) mass is 315 g/mol. The van der Waals surface area contributed by atoms with Crippen molar-refractivity contribution in [3.63, 3.8) is 0 Å². The highest BCUT2D eigenvalue weighted by Gasteiger charge is 2.09. The van der Waals surface area contributed by atoms with E-state index in [1.807, 2.05) is 37.3 Å². The van der Waals surface area contributed by atoms with Crippen LogP contribution < -0.4 is 10.4 Å². The van der Waals surface area contributed by atoms with E-state index in [9.17, 15) is 4.79 Å². The van der Waals surface area contributed by atoms with E-state index in [0.29, 0.717) is 6.61 Å². The van der Waals surface area contributed by atoms with Crippen molar-refractivity contribution >= 4 is 21.5 Å². The van der Waals surface area contributed by atoms with Crippen LogP contribution in [0.1, 0.15) is 11.3 Å². The average molecular weight is 315 g/mol. The molecule has 3 heteroatoms. The molecule has 0 fully saturated rings. The molecule has 0 aliphatic carbocycles. The summed E-state index contributed by atoms with van der Waals surface area (Å²) in [4.78, 5) is 17.9. The second-order valence-electron chi connectivity index (χ2n) is 5.87. The maximum atomic E-state index is 12.0. The lowest BCUT2D eigenvalue weighted by atomic mass is 9.97. The molecule has 4 rings (SSSR count). The van der Waals surface area contributed by atoms with E-state index in [4.69, 9.17) is 4.84 Å². The first-order chi connectivity index (χ1) is 11.7. The Balaban J connectivity index is 1.86. The number of fused-ring (bicyclic) bond motifs is 2. The van der Waals surface area contributed by atoms with Crippen LogP contribution in [0.2, 0.25) is 0 Å². The Morgan fingerprint density at radius 1 is 0.833 bits per heavy atom. The van der Waals surface area contributed by atoms with Crippen LogP contribution >= 0.6 is 0 Å². The van der Waals surface area contributed by atoms with Crippen LogP contribution in [0.15, 0.2) is 77.6 Å². The first-order valence-corrected chi connectivity index (χ1v) is 7.95. The quantitative estimate of drug-likeness (QED) is 0.533. The summed E-state index contributed by atoms with van der Waals surface area (Å²) >= 11 is 0. The van der Waals surface area contributed by atoms with E-state index in [2.05, 4.69) is 30.3 Å². The fraction of sp³-hybridized carbons (Fsp3) is 0.0952. The van der Waals surface area contributed by atoms with Crippen molar-refractivity contribution in [2.45, 2.75) is 13.5 Å². The Morgan fingerprint density at radius 3 is 2.08 bits per heavy atom. The van der Waals surface area contributed by atoms with Gasteiger partial charge in [0.05, 0.1) is 5.69 Å². The van der Waals surface area contributed by atoms with Gasteiger partial charge in [-0.1, -0.05) is 54.6 Å². The molecule has 1 aromatic heterocycles. The van der Waals surface area contributed by atoms with Gasteiger partial charge in [-0.3, -0.25) is 4.79 Å². The third kappa shape index (κ3) is 2.44. The normalized spacial score (nSPS) is 11.0. The van der Waals surface area contributed by atoms with Gasteiger partial charge in [0, 0.05) is 11.6 Å². The molecule has 0 saturated heterocycles. The van der Waals surface area contributed by atoms with Crippen LogP contribution in [-0.2, 0) is 6.61 Å². The molecule has 0 aliphatic heterocycles. The molecule has 0 radical (unpaired) electrons. The SMILES string of the molecule is Cc1cccc(=O)n1OCc1c2ccccc2cc2ccccc12. The van der Waals surface area contributed by atoms with E-state index in [1.54, 1.807) is 6.07 Å². The smallest absolute Gasteiger partial charge is 0.283 e. The lowest BCUT2D eigenvalue weighted by Gasteiger charge is -2.15. The standard InChI is InChI=1S/C21H17NO2/c1-15-7-6-12-21(23)22(15)24-14-20-18-10-4-2-8-16(18)13-17-9-3-5-11-19(17)20/h2-13H,14H2,1H3. The van der Waals surface area contributed by atoms with Gasteiger partial charge in [-0.2, -0.15) is 0 Å². The molecule has 0 bridgehead atoms. The molecule has 0 amide bonds. The van der Waals surface area contributed by atoms with Crippen molar-refractivity contribution in [2.24, 2.45) is 0 Å². The zero-order valence-corrected chi connectivity index (χ0v) is 13.4. The summed E-state index contributed by atoms with van der Waals surface area (Å²) in [5, 5.41) is 4.65. The number of aryl methyl sites for hydroxylation is 1. The van der Waals surface area contributed by atoms with Crippen molar-refractivity contribution in [1.29, 1.82) is 0 Å². The summed E-state index contributed by atoms with van der Waals surface area (Å²) in [6.07, 6.45) is 0. The van der Waals surface area contributed by atoms with Gasteiger partial charge in [-0.15, -0.1) is 4.73 Å². The van der Waals surface area contributed by atoms with E-state index in [-0.39, 0.29) is 5.56 Å². The van der Waals surface area contributed by atoms with E-state index >= 15 is 0 Å². The van der Waals surface area contributed by atoms with Gasteiger partial charge in [-0.05, 0) is 40.6 Å².